The zero-order chi connectivity index (χ0) is 21.1. The summed E-state index contributed by atoms with van der Waals surface area (Å²) >= 11 is 0. The highest BCUT2D eigenvalue weighted by Crippen LogP contribution is 2.34. The van der Waals surface area contributed by atoms with E-state index in [9.17, 15) is 22.8 Å². The number of amides is 1. The van der Waals surface area contributed by atoms with Crippen LogP contribution in [0.2, 0.25) is 0 Å². The van der Waals surface area contributed by atoms with Crippen LogP contribution in [0.5, 0.6) is 0 Å². The number of halogens is 3. The number of alkyl halides is 3. The molecule has 1 saturated heterocycles. The number of aromatic carboxylic acids is 1. The van der Waals surface area contributed by atoms with Crippen molar-refractivity contribution in [3.63, 3.8) is 0 Å². The van der Waals surface area contributed by atoms with E-state index < -0.39 is 35.0 Å². The van der Waals surface area contributed by atoms with E-state index in [0.717, 1.165) is 6.42 Å². The molecule has 2 rings (SSSR count). The van der Waals surface area contributed by atoms with Gasteiger partial charge in [0.15, 0.2) is 0 Å². The SMILES string of the molecule is CC(C)(C)OC(=O)NCC1CCN(Cc2ccc(C(=O)O)cc2C(F)(F)F)C1. The number of nitrogens with zero attached hydrogens (tertiary/aromatic N) is 1. The minimum Gasteiger partial charge on any atom is -0.478 e. The maximum Gasteiger partial charge on any atom is 0.416 e. The second kappa shape index (κ2) is 8.38. The van der Waals surface area contributed by atoms with Crippen LogP contribution in [-0.4, -0.2) is 47.3 Å². The lowest BCUT2D eigenvalue weighted by Gasteiger charge is -2.21. The summed E-state index contributed by atoms with van der Waals surface area (Å²) in [6.07, 6.45) is -4.41. The first-order valence-corrected chi connectivity index (χ1v) is 8.98. The van der Waals surface area contributed by atoms with Crippen molar-refractivity contribution in [3.05, 3.63) is 34.9 Å². The number of rotatable bonds is 5. The van der Waals surface area contributed by atoms with Gasteiger partial charge in [-0.05, 0) is 57.4 Å². The molecular weight excluding hydrogens is 377 g/mol. The third-order valence-electron chi connectivity index (χ3n) is 4.36. The predicted octanol–water partition coefficient (Wildman–Crippen LogP) is 3.75. The molecule has 1 aliphatic heterocycles. The zero-order valence-corrected chi connectivity index (χ0v) is 16.1. The van der Waals surface area contributed by atoms with E-state index in [0.29, 0.717) is 25.7 Å². The highest BCUT2D eigenvalue weighted by atomic mass is 19.4. The van der Waals surface area contributed by atoms with Crippen LogP contribution in [0.3, 0.4) is 0 Å². The van der Waals surface area contributed by atoms with E-state index in [2.05, 4.69) is 5.32 Å². The summed E-state index contributed by atoms with van der Waals surface area (Å²) in [5, 5.41) is 11.6. The molecule has 1 aromatic carbocycles. The maximum absolute atomic E-state index is 13.3. The van der Waals surface area contributed by atoms with Crippen molar-refractivity contribution >= 4 is 12.1 Å². The summed E-state index contributed by atoms with van der Waals surface area (Å²) in [6.45, 7) is 6.87. The molecule has 0 spiro atoms. The van der Waals surface area contributed by atoms with Crippen LogP contribution < -0.4 is 5.32 Å². The molecule has 156 valence electrons. The molecule has 2 N–H and O–H groups in total. The van der Waals surface area contributed by atoms with Crippen molar-refractivity contribution in [1.29, 1.82) is 0 Å². The fourth-order valence-corrected chi connectivity index (χ4v) is 3.12. The van der Waals surface area contributed by atoms with Gasteiger partial charge in [-0.1, -0.05) is 6.07 Å². The molecule has 1 heterocycles. The topological polar surface area (TPSA) is 78.9 Å². The minimum absolute atomic E-state index is 0.0400. The van der Waals surface area contributed by atoms with Crippen LogP contribution in [-0.2, 0) is 17.5 Å². The number of benzene rings is 1. The second-order valence-electron chi connectivity index (χ2n) is 7.95. The Morgan fingerprint density at radius 1 is 1.29 bits per heavy atom. The maximum atomic E-state index is 13.3. The molecule has 6 nitrogen and oxygen atoms in total. The van der Waals surface area contributed by atoms with Gasteiger partial charge in [-0.15, -0.1) is 0 Å². The van der Waals surface area contributed by atoms with E-state index in [4.69, 9.17) is 9.84 Å². The molecule has 0 saturated carbocycles. The van der Waals surface area contributed by atoms with Crippen molar-refractivity contribution in [2.24, 2.45) is 5.92 Å². The first kappa shape index (κ1) is 22.0. The molecule has 0 radical (unpaired) electrons. The number of alkyl carbamates (subject to hydrolysis) is 1. The number of carbonyl (C=O) groups is 2. The van der Waals surface area contributed by atoms with E-state index in [-0.39, 0.29) is 18.0 Å². The average molecular weight is 402 g/mol. The normalized spacial score (nSPS) is 18.1. The Morgan fingerprint density at radius 2 is 1.96 bits per heavy atom. The van der Waals surface area contributed by atoms with Crippen molar-refractivity contribution < 1.29 is 32.6 Å². The first-order valence-electron chi connectivity index (χ1n) is 8.98. The van der Waals surface area contributed by atoms with Crippen LogP contribution in [0, 0.1) is 5.92 Å². The van der Waals surface area contributed by atoms with Crippen molar-refractivity contribution in [2.45, 2.75) is 45.5 Å². The number of ether oxygens (including phenoxy) is 1. The largest absolute Gasteiger partial charge is 0.478 e. The molecule has 0 aromatic heterocycles. The number of likely N-dealkylation sites (tertiary alicyclic amines) is 1. The lowest BCUT2D eigenvalue weighted by Crippen LogP contribution is -2.36. The molecule has 1 atom stereocenters. The van der Waals surface area contributed by atoms with Crippen molar-refractivity contribution in [2.75, 3.05) is 19.6 Å². The Bertz CT molecular complexity index is 729. The number of carbonyl (C=O) groups excluding carboxylic acids is 1. The molecule has 0 bridgehead atoms. The first-order chi connectivity index (χ1) is 12.8. The van der Waals surface area contributed by atoms with Gasteiger partial charge in [0.25, 0.3) is 0 Å². The summed E-state index contributed by atoms with van der Waals surface area (Å²) in [4.78, 5) is 24.5. The summed E-state index contributed by atoms with van der Waals surface area (Å²) in [5.41, 5.74) is -1.88. The van der Waals surface area contributed by atoms with Gasteiger partial charge in [-0.3, -0.25) is 4.90 Å². The monoisotopic (exact) mass is 402 g/mol. The zero-order valence-electron chi connectivity index (χ0n) is 16.1. The molecular formula is C19H25F3N2O4. The van der Waals surface area contributed by atoms with Crippen LogP contribution >= 0.6 is 0 Å². The number of carboxylic acid groups (broad SMARTS) is 1. The summed E-state index contributed by atoms with van der Waals surface area (Å²) in [7, 11) is 0. The van der Waals surface area contributed by atoms with Crippen LogP contribution in [0.25, 0.3) is 0 Å². The van der Waals surface area contributed by atoms with Gasteiger partial charge in [0.2, 0.25) is 0 Å². The quantitative estimate of drug-likeness (QED) is 0.784. The molecule has 1 aromatic rings. The Hall–Kier alpha value is -2.29. The average Bonchev–Trinajstić information content (AvgIpc) is 2.98. The van der Waals surface area contributed by atoms with Gasteiger partial charge >= 0.3 is 18.2 Å². The van der Waals surface area contributed by atoms with E-state index in [1.807, 2.05) is 4.90 Å². The standard InChI is InChI=1S/C19H25F3N2O4/c1-18(2,3)28-17(27)23-9-12-6-7-24(10-12)11-14-5-4-13(16(25)26)8-15(14)19(20,21)22/h4-5,8,12H,6-7,9-11H2,1-3H3,(H,23,27)(H,25,26). The lowest BCUT2D eigenvalue weighted by molar-refractivity contribution is -0.138. The fraction of sp³-hybridized carbons (Fsp3) is 0.579. The van der Waals surface area contributed by atoms with Gasteiger partial charge in [0.05, 0.1) is 11.1 Å². The third kappa shape index (κ3) is 6.40. The molecule has 1 unspecified atom stereocenters. The Labute approximate surface area is 161 Å². The molecule has 9 heteroatoms. The number of nitrogens with one attached hydrogen (secondary N) is 1. The fourth-order valence-electron chi connectivity index (χ4n) is 3.12. The smallest absolute Gasteiger partial charge is 0.416 e. The van der Waals surface area contributed by atoms with Gasteiger partial charge in [0.1, 0.15) is 5.60 Å². The van der Waals surface area contributed by atoms with Gasteiger partial charge in [0, 0.05) is 19.6 Å². The third-order valence-corrected chi connectivity index (χ3v) is 4.36. The lowest BCUT2D eigenvalue weighted by atomic mass is 10.0. The van der Waals surface area contributed by atoms with Gasteiger partial charge in [-0.25, -0.2) is 9.59 Å². The van der Waals surface area contributed by atoms with Crippen molar-refractivity contribution in [3.8, 4) is 0 Å². The van der Waals surface area contributed by atoms with Crippen LogP contribution in [0.15, 0.2) is 18.2 Å². The number of hydrogen-bond donors (Lipinski definition) is 2. The molecule has 1 amide bonds. The molecule has 0 aliphatic carbocycles. The second-order valence-corrected chi connectivity index (χ2v) is 7.95. The summed E-state index contributed by atoms with van der Waals surface area (Å²) in [5.74, 6) is -1.29. The summed E-state index contributed by atoms with van der Waals surface area (Å²) < 4.78 is 45.1. The van der Waals surface area contributed by atoms with Crippen LogP contribution in [0.4, 0.5) is 18.0 Å². The van der Waals surface area contributed by atoms with Crippen LogP contribution in [0.1, 0.15) is 48.7 Å². The summed E-state index contributed by atoms with van der Waals surface area (Å²) in [6, 6.07) is 3.08. The van der Waals surface area contributed by atoms with Gasteiger partial charge < -0.3 is 15.2 Å². The van der Waals surface area contributed by atoms with E-state index in [1.54, 1.807) is 20.8 Å². The van der Waals surface area contributed by atoms with E-state index >= 15 is 0 Å². The Balaban J connectivity index is 1.96. The highest BCUT2D eigenvalue weighted by Gasteiger charge is 2.35. The molecule has 28 heavy (non-hydrogen) atoms. The highest BCUT2D eigenvalue weighted by molar-refractivity contribution is 5.88. The number of carboxylic acids is 1. The van der Waals surface area contributed by atoms with E-state index in [1.165, 1.54) is 12.1 Å². The Morgan fingerprint density at radius 3 is 2.54 bits per heavy atom. The van der Waals surface area contributed by atoms with Crippen molar-refractivity contribution in [1.82, 2.24) is 10.2 Å². The molecule has 1 fully saturated rings. The predicted molar refractivity (Wildman–Crippen MR) is 96.0 cm³/mol. The minimum atomic E-state index is -4.63. The molecule has 1 aliphatic rings. The van der Waals surface area contributed by atoms with Gasteiger partial charge in [-0.2, -0.15) is 13.2 Å². The number of hydrogen-bond acceptors (Lipinski definition) is 4. The Kier molecular flexibility index (Phi) is 6.59.